The molecule has 1 aliphatic rings. The van der Waals surface area contributed by atoms with Gasteiger partial charge in [0.05, 0.1) is 39.6 Å². The van der Waals surface area contributed by atoms with Crippen LogP contribution in [0.3, 0.4) is 0 Å². The van der Waals surface area contributed by atoms with E-state index in [4.69, 9.17) is 54.0 Å². The fourth-order valence-electron chi connectivity index (χ4n) is 4.94. The number of hydrogen-bond acceptors (Lipinski definition) is 7. The van der Waals surface area contributed by atoms with Crippen molar-refractivity contribution in [3.8, 4) is 11.5 Å². The standard InChI is InChI=1S/C33H29Cl3N2O5S/c1-4-6-26-29(32(40)42-5-2)30(23-17-21(34)10-14-27(23)41-3)38-31(39)28(44-33(38)37-26)16-19-7-11-22(12-8-19)43-18-20-9-13-24(35)25(36)15-20/h7-17,30H,4-6,18H2,1-3H3/b28-16+/t30-/m0/s1. The van der Waals surface area contributed by atoms with Gasteiger partial charge in [0.15, 0.2) is 4.80 Å². The van der Waals surface area contributed by atoms with Crippen LogP contribution in [-0.2, 0) is 16.1 Å². The van der Waals surface area contributed by atoms with E-state index in [1.165, 1.54) is 23.0 Å². The highest BCUT2D eigenvalue weighted by Gasteiger charge is 2.36. The second-order valence-corrected chi connectivity index (χ2v) is 12.2. The summed E-state index contributed by atoms with van der Waals surface area (Å²) in [6.07, 6.45) is 3.07. The number of carbonyl (C=O) groups excluding carboxylic acids is 1. The molecule has 0 spiro atoms. The molecule has 11 heteroatoms. The lowest BCUT2D eigenvalue weighted by Crippen LogP contribution is -2.40. The average molecular weight is 672 g/mol. The molecule has 1 atom stereocenters. The summed E-state index contributed by atoms with van der Waals surface area (Å²) < 4.78 is 19.0. The number of allylic oxidation sites excluding steroid dienone is 1. The zero-order valence-corrected chi connectivity index (χ0v) is 27.3. The van der Waals surface area contributed by atoms with Crippen molar-refractivity contribution in [1.82, 2.24) is 4.57 Å². The van der Waals surface area contributed by atoms with Crippen LogP contribution < -0.4 is 24.4 Å². The number of ether oxygens (including phenoxy) is 3. The molecule has 2 heterocycles. The predicted octanol–water partition coefficient (Wildman–Crippen LogP) is 7.13. The van der Waals surface area contributed by atoms with E-state index in [0.29, 0.717) is 65.8 Å². The Balaban J connectivity index is 1.56. The molecule has 3 aromatic carbocycles. The van der Waals surface area contributed by atoms with Crippen molar-refractivity contribution in [2.45, 2.75) is 39.3 Å². The zero-order valence-electron chi connectivity index (χ0n) is 24.2. The first kappa shape index (κ1) is 31.9. The van der Waals surface area contributed by atoms with Crippen molar-refractivity contribution in [1.29, 1.82) is 0 Å². The summed E-state index contributed by atoms with van der Waals surface area (Å²) in [6, 6.07) is 17.1. The van der Waals surface area contributed by atoms with Crippen LogP contribution in [0.25, 0.3) is 6.08 Å². The van der Waals surface area contributed by atoms with E-state index in [1.54, 1.807) is 43.3 Å². The Morgan fingerprint density at radius 1 is 1.02 bits per heavy atom. The molecule has 0 unspecified atom stereocenters. The fraction of sp³-hybridized carbons (Fsp3) is 0.242. The first-order chi connectivity index (χ1) is 21.2. The largest absolute Gasteiger partial charge is 0.496 e. The Morgan fingerprint density at radius 2 is 1.80 bits per heavy atom. The summed E-state index contributed by atoms with van der Waals surface area (Å²) in [5.74, 6) is 0.619. The molecule has 0 amide bonds. The van der Waals surface area contributed by atoms with E-state index in [-0.39, 0.29) is 12.2 Å². The number of benzene rings is 3. The third-order valence-electron chi connectivity index (χ3n) is 6.95. The summed E-state index contributed by atoms with van der Waals surface area (Å²) in [4.78, 5) is 32.7. The highest BCUT2D eigenvalue weighted by Crippen LogP contribution is 2.38. The summed E-state index contributed by atoms with van der Waals surface area (Å²) in [6.45, 7) is 4.25. The summed E-state index contributed by atoms with van der Waals surface area (Å²) in [7, 11) is 1.54. The van der Waals surface area contributed by atoms with Crippen molar-refractivity contribution in [3.05, 3.63) is 123 Å². The highest BCUT2D eigenvalue weighted by molar-refractivity contribution is 7.07. The second-order valence-electron chi connectivity index (χ2n) is 9.91. The minimum absolute atomic E-state index is 0.179. The topological polar surface area (TPSA) is 79.1 Å². The Bertz CT molecular complexity index is 1910. The molecule has 4 aromatic rings. The molecule has 0 aliphatic carbocycles. The molecule has 228 valence electrons. The SMILES string of the molecule is CCCC1=C(C(=O)OCC)[C@H](c2cc(Cl)ccc2OC)n2c(s/c(=C/c3ccc(OCc4ccc(Cl)c(Cl)c4)cc3)c2=O)=N1. The van der Waals surface area contributed by atoms with Crippen molar-refractivity contribution in [2.24, 2.45) is 4.99 Å². The minimum atomic E-state index is -0.834. The molecule has 1 aromatic heterocycles. The van der Waals surface area contributed by atoms with Crippen LogP contribution in [-0.4, -0.2) is 24.3 Å². The lowest BCUT2D eigenvalue weighted by molar-refractivity contribution is -0.139. The first-order valence-electron chi connectivity index (χ1n) is 14.0. The molecule has 44 heavy (non-hydrogen) atoms. The predicted molar refractivity (Wildman–Crippen MR) is 175 cm³/mol. The first-order valence-corrected chi connectivity index (χ1v) is 15.9. The summed E-state index contributed by atoms with van der Waals surface area (Å²) >= 11 is 19.8. The van der Waals surface area contributed by atoms with E-state index in [1.807, 2.05) is 37.3 Å². The summed E-state index contributed by atoms with van der Waals surface area (Å²) in [5, 5.41) is 1.40. The van der Waals surface area contributed by atoms with E-state index >= 15 is 0 Å². The van der Waals surface area contributed by atoms with Crippen molar-refractivity contribution in [2.75, 3.05) is 13.7 Å². The van der Waals surface area contributed by atoms with Gasteiger partial charge in [0.1, 0.15) is 24.1 Å². The molecule has 0 N–H and O–H groups in total. The second kappa shape index (κ2) is 14.0. The molecule has 0 radical (unpaired) electrons. The molecule has 5 rings (SSSR count). The van der Waals surface area contributed by atoms with Gasteiger partial charge in [0.2, 0.25) is 0 Å². The molecule has 1 aliphatic heterocycles. The van der Waals surface area contributed by atoms with Gasteiger partial charge in [-0.1, -0.05) is 77.7 Å². The number of carbonyl (C=O) groups is 1. The monoisotopic (exact) mass is 670 g/mol. The van der Waals surface area contributed by atoms with Gasteiger partial charge in [-0.25, -0.2) is 9.79 Å². The van der Waals surface area contributed by atoms with Gasteiger partial charge in [0.25, 0.3) is 5.56 Å². The van der Waals surface area contributed by atoms with Crippen LogP contribution in [0.5, 0.6) is 11.5 Å². The highest BCUT2D eigenvalue weighted by atomic mass is 35.5. The van der Waals surface area contributed by atoms with E-state index in [9.17, 15) is 9.59 Å². The van der Waals surface area contributed by atoms with Crippen LogP contribution in [0.2, 0.25) is 15.1 Å². The number of esters is 1. The third kappa shape index (κ3) is 6.74. The van der Waals surface area contributed by atoms with Crippen molar-refractivity contribution >= 4 is 58.2 Å². The maximum atomic E-state index is 14.0. The lowest BCUT2D eigenvalue weighted by atomic mass is 9.93. The zero-order chi connectivity index (χ0) is 31.4. The number of hydrogen-bond donors (Lipinski definition) is 0. The van der Waals surface area contributed by atoms with Gasteiger partial charge in [-0.15, -0.1) is 0 Å². The maximum Gasteiger partial charge on any atom is 0.338 e. The third-order valence-corrected chi connectivity index (χ3v) is 8.90. The average Bonchev–Trinajstić information content (AvgIpc) is 3.32. The Hall–Kier alpha value is -3.56. The van der Waals surface area contributed by atoms with Gasteiger partial charge in [-0.05, 0) is 73.0 Å². The lowest BCUT2D eigenvalue weighted by Gasteiger charge is -2.27. The van der Waals surface area contributed by atoms with Gasteiger partial charge in [-0.3, -0.25) is 9.36 Å². The fourth-order valence-corrected chi connectivity index (χ4v) is 6.46. The number of halogens is 3. The minimum Gasteiger partial charge on any atom is -0.496 e. The maximum absolute atomic E-state index is 14.0. The number of thiazole rings is 1. The van der Waals surface area contributed by atoms with Crippen LogP contribution in [0.4, 0.5) is 0 Å². The quantitative estimate of drug-likeness (QED) is 0.168. The molecule has 0 fully saturated rings. The number of fused-ring (bicyclic) bond motifs is 1. The Labute approximate surface area is 273 Å². The molecule has 0 saturated carbocycles. The van der Waals surface area contributed by atoms with Crippen LogP contribution in [0.15, 0.2) is 81.7 Å². The van der Waals surface area contributed by atoms with E-state index in [0.717, 1.165) is 17.5 Å². The molecule has 7 nitrogen and oxygen atoms in total. The number of aromatic nitrogens is 1. The van der Waals surface area contributed by atoms with Gasteiger partial charge in [-0.2, -0.15) is 0 Å². The van der Waals surface area contributed by atoms with Gasteiger partial charge in [0, 0.05) is 10.6 Å². The van der Waals surface area contributed by atoms with Crippen LogP contribution in [0.1, 0.15) is 49.4 Å². The molecular formula is C33H29Cl3N2O5S. The van der Waals surface area contributed by atoms with Gasteiger partial charge < -0.3 is 14.2 Å². The molecule has 0 saturated heterocycles. The van der Waals surface area contributed by atoms with E-state index < -0.39 is 12.0 Å². The van der Waals surface area contributed by atoms with Crippen molar-refractivity contribution in [3.63, 3.8) is 0 Å². The molecular weight excluding hydrogens is 643 g/mol. The van der Waals surface area contributed by atoms with Gasteiger partial charge >= 0.3 is 5.97 Å². The summed E-state index contributed by atoms with van der Waals surface area (Å²) in [5.41, 5.74) is 2.85. The van der Waals surface area contributed by atoms with E-state index in [2.05, 4.69) is 0 Å². The Kier molecular flexibility index (Phi) is 10.2. The van der Waals surface area contributed by atoms with Crippen LogP contribution >= 0.6 is 46.1 Å². The number of nitrogens with zero attached hydrogens (tertiary/aromatic N) is 2. The Morgan fingerprint density at radius 3 is 2.48 bits per heavy atom. The van der Waals surface area contributed by atoms with Crippen LogP contribution in [0, 0.1) is 0 Å². The van der Waals surface area contributed by atoms with Crippen molar-refractivity contribution < 1.29 is 19.0 Å². The normalized spacial score (nSPS) is 14.7. The number of rotatable bonds is 10. The number of methoxy groups -OCH3 is 1. The smallest absolute Gasteiger partial charge is 0.338 e. The molecule has 0 bridgehead atoms.